The maximum absolute atomic E-state index is 13.0. The SMILES string of the molecule is CC(=O)[C@@H](OC(C)(C)C)c1c(C)cc2cc(Cl)ccc2c1-c1ccc2c3c(ccnc13)CCO2. The van der Waals surface area contributed by atoms with Crippen LogP contribution in [0.25, 0.3) is 32.8 Å². The van der Waals surface area contributed by atoms with Gasteiger partial charge in [0.1, 0.15) is 11.9 Å². The number of carbonyl (C=O) groups excluding carboxylic acids is 1. The third-order valence-electron chi connectivity index (χ3n) is 6.29. The third-order valence-corrected chi connectivity index (χ3v) is 6.53. The first-order valence-electron chi connectivity index (χ1n) is 11.6. The summed E-state index contributed by atoms with van der Waals surface area (Å²) in [5.41, 5.74) is 5.36. The second kappa shape index (κ2) is 8.37. The second-order valence-electron chi connectivity index (χ2n) is 9.97. The Morgan fingerprint density at radius 1 is 1.15 bits per heavy atom. The fraction of sp³-hybridized carbons (Fsp3) is 0.310. The molecule has 0 aliphatic carbocycles. The van der Waals surface area contributed by atoms with E-state index in [0.29, 0.717) is 11.6 Å². The summed E-state index contributed by atoms with van der Waals surface area (Å²) in [7, 11) is 0. The molecule has 5 heteroatoms. The van der Waals surface area contributed by atoms with Crippen LogP contribution in [0.2, 0.25) is 5.02 Å². The number of aromatic nitrogens is 1. The Kier molecular flexibility index (Phi) is 5.62. The molecule has 5 rings (SSSR count). The minimum atomic E-state index is -0.711. The summed E-state index contributed by atoms with van der Waals surface area (Å²) in [6.07, 6.45) is 1.99. The molecule has 0 saturated heterocycles. The van der Waals surface area contributed by atoms with E-state index in [2.05, 4.69) is 18.2 Å². The number of benzene rings is 3. The van der Waals surface area contributed by atoms with Crippen LogP contribution in [0.4, 0.5) is 0 Å². The Bertz CT molecular complexity index is 1440. The Hall–Kier alpha value is -2.95. The lowest BCUT2D eigenvalue weighted by atomic mass is 9.85. The molecule has 4 nitrogen and oxygen atoms in total. The minimum Gasteiger partial charge on any atom is -0.493 e. The minimum absolute atomic E-state index is 0.0355. The number of Topliss-reactive ketones (excluding diaryl/α,β-unsaturated/α-hetero) is 1. The fourth-order valence-corrected chi connectivity index (χ4v) is 5.14. The van der Waals surface area contributed by atoms with Crippen LogP contribution in [-0.4, -0.2) is 23.0 Å². The van der Waals surface area contributed by atoms with E-state index in [1.807, 2.05) is 58.2 Å². The summed E-state index contributed by atoms with van der Waals surface area (Å²) in [5, 5.41) is 3.73. The summed E-state index contributed by atoms with van der Waals surface area (Å²) in [6, 6.07) is 14.1. The number of carbonyl (C=O) groups is 1. The van der Waals surface area contributed by atoms with Crippen molar-refractivity contribution in [3.63, 3.8) is 0 Å². The Balaban J connectivity index is 1.91. The van der Waals surface area contributed by atoms with Gasteiger partial charge in [-0.25, -0.2) is 0 Å². The molecular formula is C29H28ClNO3. The van der Waals surface area contributed by atoms with Crippen molar-refractivity contribution in [2.24, 2.45) is 0 Å². The molecule has 2 heterocycles. The van der Waals surface area contributed by atoms with E-state index in [-0.39, 0.29) is 5.78 Å². The van der Waals surface area contributed by atoms with Crippen molar-refractivity contribution < 1.29 is 14.3 Å². The van der Waals surface area contributed by atoms with Crippen molar-refractivity contribution >= 4 is 39.1 Å². The first kappa shape index (κ1) is 22.8. The van der Waals surface area contributed by atoms with E-state index in [0.717, 1.165) is 56.1 Å². The largest absolute Gasteiger partial charge is 0.493 e. The maximum atomic E-state index is 13.0. The van der Waals surface area contributed by atoms with Gasteiger partial charge in [-0.2, -0.15) is 0 Å². The Morgan fingerprint density at radius 2 is 1.94 bits per heavy atom. The summed E-state index contributed by atoms with van der Waals surface area (Å²) in [4.78, 5) is 17.8. The van der Waals surface area contributed by atoms with Crippen LogP contribution in [0.15, 0.2) is 48.7 Å². The molecule has 0 unspecified atom stereocenters. The van der Waals surface area contributed by atoms with Gasteiger partial charge in [-0.1, -0.05) is 23.7 Å². The first-order valence-corrected chi connectivity index (χ1v) is 12.0. The average molecular weight is 474 g/mol. The van der Waals surface area contributed by atoms with Crippen molar-refractivity contribution in [1.82, 2.24) is 4.98 Å². The zero-order chi connectivity index (χ0) is 24.2. The number of hydrogen-bond donors (Lipinski definition) is 0. The van der Waals surface area contributed by atoms with Crippen molar-refractivity contribution in [3.05, 3.63) is 70.4 Å². The van der Waals surface area contributed by atoms with Gasteiger partial charge in [0.05, 0.1) is 17.7 Å². The van der Waals surface area contributed by atoms with Gasteiger partial charge in [-0.15, -0.1) is 0 Å². The molecule has 0 bridgehead atoms. The van der Waals surface area contributed by atoms with Gasteiger partial charge in [0.25, 0.3) is 0 Å². The number of nitrogens with zero attached hydrogens (tertiary/aromatic N) is 1. The van der Waals surface area contributed by atoms with Crippen LogP contribution >= 0.6 is 11.6 Å². The summed E-state index contributed by atoms with van der Waals surface area (Å²) in [6.45, 7) is 10.2. The molecule has 1 aromatic heterocycles. The number of pyridine rings is 1. The monoisotopic (exact) mass is 473 g/mol. The summed E-state index contributed by atoms with van der Waals surface area (Å²) < 4.78 is 12.3. The lowest BCUT2D eigenvalue weighted by Gasteiger charge is -2.30. The zero-order valence-electron chi connectivity index (χ0n) is 20.2. The molecule has 0 spiro atoms. The molecule has 1 aliphatic rings. The lowest BCUT2D eigenvalue weighted by Crippen LogP contribution is -2.27. The number of fused-ring (bicyclic) bond motifs is 1. The molecule has 0 radical (unpaired) electrons. The number of ketones is 1. The molecule has 174 valence electrons. The molecule has 0 amide bonds. The lowest BCUT2D eigenvalue weighted by molar-refractivity contribution is -0.138. The molecule has 0 fully saturated rings. The highest BCUT2D eigenvalue weighted by Gasteiger charge is 2.30. The van der Waals surface area contributed by atoms with E-state index in [4.69, 9.17) is 26.1 Å². The van der Waals surface area contributed by atoms with Crippen LogP contribution < -0.4 is 4.74 Å². The van der Waals surface area contributed by atoms with E-state index in [1.54, 1.807) is 6.92 Å². The van der Waals surface area contributed by atoms with Crippen molar-refractivity contribution in [3.8, 4) is 16.9 Å². The molecule has 0 saturated carbocycles. The Labute approximate surface area is 204 Å². The van der Waals surface area contributed by atoms with Gasteiger partial charge in [-0.3, -0.25) is 9.78 Å². The predicted molar refractivity (Wildman–Crippen MR) is 138 cm³/mol. The summed E-state index contributed by atoms with van der Waals surface area (Å²) >= 11 is 6.36. The van der Waals surface area contributed by atoms with Crippen LogP contribution in [-0.2, 0) is 16.0 Å². The molecular weight excluding hydrogens is 446 g/mol. The number of halogens is 1. The maximum Gasteiger partial charge on any atom is 0.163 e. The van der Waals surface area contributed by atoms with E-state index in [1.165, 1.54) is 5.56 Å². The number of rotatable bonds is 4. The van der Waals surface area contributed by atoms with E-state index < -0.39 is 11.7 Å². The second-order valence-corrected chi connectivity index (χ2v) is 10.4. The normalized spacial score (nSPS) is 14.3. The molecule has 0 N–H and O–H groups in total. The van der Waals surface area contributed by atoms with Gasteiger partial charge in [0, 0.05) is 28.6 Å². The molecule has 3 aromatic carbocycles. The third kappa shape index (κ3) is 3.95. The zero-order valence-corrected chi connectivity index (χ0v) is 20.9. The highest BCUT2D eigenvalue weighted by molar-refractivity contribution is 6.31. The van der Waals surface area contributed by atoms with Gasteiger partial charge in [0.2, 0.25) is 0 Å². The van der Waals surface area contributed by atoms with Gasteiger partial charge < -0.3 is 9.47 Å². The highest BCUT2D eigenvalue weighted by Crippen LogP contribution is 2.45. The van der Waals surface area contributed by atoms with Crippen molar-refractivity contribution in [1.29, 1.82) is 0 Å². The smallest absolute Gasteiger partial charge is 0.163 e. The predicted octanol–water partition coefficient (Wildman–Crippen LogP) is 7.40. The van der Waals surface area contributed by atoms with E-state index in [9.17, 15) is 4.79 Å². The van der Waals surface area contributed by atoms with Crippen LogP contribution in [0.5, 0.6) is 5.75 Å². The number of aryl methyl sites for hydroxylation is 1. The van der Waals surface area contributed by atoms with Gasteiger partial charge in [-0.05, 0) is 98.0 Å². The van der Waals surface area contributed by atoms with Crippen LogP contribution in [0, 0.1) is 6.92 Å². The molecule has 4 aromatic rings. The van der Waals surface area contributed by atoms with Crippen LogP contribution in [0.3, 0.4) is 0 Å². The molecule has 34 heavy (non-hydrogen) atoms. The van der Waals surface area contributed by atoms with Crippen molar-refractivity contribution in [2.75, 3.05) is 6.61 Å². The molecule has 1 aliphatic heterocycles. The Morgan fingerprint density at radius 3 is 2.68 bits per heavy atom. The number of hydrogen-bond acceptors (Lipinski definition) is 4. The van der Waals surface area contributed by atoms with E-state index >= 15 is 0 Å². The standard InChI is InChI=1S/C29H28ClNO3/c1-16-14-19-15-20(30)6-7-21(19)26(24(16)28(17(2)32)34-29(3,4)5)22-8-9-23-25-18(11-13-33-23)10-12-31-27(22)25/h6-10,12,14-15,28H,11,13H2,1-5H3/t28-/m1/s1. The van der Waals surface area contributed by atoms with Gasteiger partial charge in [0.15, 0.2) is 5.78 Å². The fourth-order valence-electron chi connectivity index (χ4n) is 4.96. The number of ether oxygens (including phenoxy) is 2. The van der Waals surface area contributed by atoms with Crippen LogP contribution in [0.1, 0.15) is 50.5 Å². The first-order chi connectivity index (χ1) is 16.1. The average Bonchev–Trinajstić information content (AvgIpc) is 2.77. The highest BCUT2D eigenvalue weighted by atomic mass is 35.5. The summed E-state index contributed by atoms with van der Waals surface area (Å²) in [5.74, 6) is 0.815. The topological polar surface area (TPSA) is 48.4 Å². The van der Waals surface area contributed by atoms with Gasteiger partial charge >= 0.3 is 0 Å². The quantitative estimate of drug-likeness (QED) is 0.310. The van der Waals surface area contributed by atoms with Crippen molar-refractivity contribution in [2.45, 2.75) is 52.7 Å². The molecule has 1 atom stereocenters.